The summed E-state index contributed by atoms with van der Waals surface area (Å²) in [7, 11) is 0. The van der Waals surface area contributed by atoms with Gasteiger partial charge in [0.1, 0.15) is 5.41 Å². The third-order valence-electron chi connectivity index (χ3n) is 2.89. The average Bonchev–Trinajstić information content (AvgIpc) is 2.59. The number of hydrogen-bond acceptors (Lipinski definition) is 4. The number of carboxylic acid groups (broad SMARTS) is 1. The number of hydrogen-bond donors (Lipinski definition) is 3. The predicted octanol–water partition coefficient (Wildman–Crippen LogP) is -0.669. The zero-order valence-electron chi connectivity index (χ0n) is 9.36. The van der Waals surface area contributed by atoms with Gasteiger partial charge in [0.2, 0.25) is 5.91 Å². The standard InChI is InChI=1S/C10H18N2O4/c1-10(9(14)15)6-16-5-7(10)12-8(13)3-2-4-11/h7H,2-6,11H2,1H3,(H,12,13)(H,14,15). The molecule has 4 N–H and O–H groups in total. The molecule has 0 spiro atoms. The minimum Gasteiger partial charge on any atom is -0.481 e. The summed E-state index contributed by atoms with van der Waals surface area (Å²) in [4.78, 5) is 22.5. The van der Waals surface area contributed by atoms with E-state index in [1.807, 2.05) is 0 Å². The Hall–Kier alpha value is -1.14. The lowest BCUT2D eigenvalue weighted by Gasteiger charge is -2.25. The van der Waals surface area contributed by atoms with Crippen LogP contribution in [0.15, 0.2) is 0 Å². The van der Waals surface area contributed by atoms with E-state index in [2.05, 4.69) is 5.32 Å². The van der Waals surface area contributed by atoms with E-state index in [4.69, 9.17) is 15.6 Å². The first kappa shape index (κ1) is 12.9. The number of carbonyl (C=O) groups is 2. The van der Waals surface area contributed by atoms with Crippen LogP contribution < -0.4 is 11.1 Å². The predicted molar refractivity (Wildman–Crippen MR) is 56.8 cm³/mol. The number of nitrogens with one attached hydrogen (secondary N) is 1. The maximum absolute atomic E-state index is 11.5. The van der Waals surface area contributed by atoms with Crippen molar-refractivity contribution < 1.29 is 19.4 Å². The van der Waals surface area contributed by atoms with Gasteiger partial charge in [-0.15, -0.1) is 0 Å². The fourth-order valence-electron chi connectivity index (χ4n) is 1.61. The minimum absolute atomic E-state index is 0.129. The summed E-state index contributed by atoms with van der Waals surface area (Å²) >= 11 is 0. The van der Waals surface area contributed by atoms with E-state index in [-0.39, 0.29) is 19.1 Å². The van der Waals surface area contributed by atoms with Crippen molar-refractivity contribution in [1.29, 1.82) is 0 Å². The molecule has 0 saturated carbocycles. The Balaban J connectivity index is 2.53. The number of carboxylic acids is 1. The van der Waals surface area contributed by atoms with Gasteiger partial charge in [-0.3, -0.25) is 9.59 Å². The zero-order chi connectivity index (χ0) is 12.2. The fourth-order valence-corrected chi connectivity index (χ4v) is 1.61. The Kier molecular flexibility index (Phi) is 4.26. The summed E-state index contributed by atoms with van der Waals surface area (Å²) in [5.41, 5.74) is 4.26. The molecule has 92 valence electrons. The van der Waals surface area contributed by atoms with Gasteiger partial charge in [-0.05, 0) is 19.9 Å². The molecule has 0 radical (unpaired) electrons. The van der Waals surface area contributed by atoms with Gasteiger partial charge in [-0.1, -0.05) is 0 Å². The van der Waals surface area contributed by atoms with Crippen molar-refractivity contribution in [3.05, 3.63) is 0 Å². The lowest BCUT2D eigenvalue weighted by molar-refractivity contribution is -0.149. The highest BCUT2D eigenvalue weighted by Gasteiger charge is 2.47. The Morgan fingerprint density at radius 3 is 2.88 bits per heavy atom. The number of rotatable bonds is 5. The maximum Gasteiger partial charge on any atom is 0.313 e. The van der Waals surface area contributed by atoms with Gasteiger partial charge in [0.15, 0.2) is 0 Å². The van der Waals surface area contributed by atoms with Gasteiger partial charge in [-0.2, -0.15) is 0 Å². The Morgan fingerprint density at radius 1 is 1.62 bits per heavy atom. The average molecular weight is 230 g/mol. The highest BCUT2D eigenvalue weighted by molar-refractivity contribution is 5.80. The summed E-state index contributed by atoms with van der Waals surface area (Å²) < 4.78 is 5.12. The second-order valence-electron chi connectivity index (χ2n) is 4.25. The molecule has 1 fully saturated rings. The number of nitrogens with two attached hydrogens (primary N) is 1. The molecule has 1 amide bonds. The largest absolute Gasteiger partial charge is 0.481 e. The smallest absolute Gasteiger partial charge is 0.313 e. The number of aliphatic carboxylic acids is 1. The molecule has 0 aromatic heterocycles. The van der Waals surface area contributed by atoms with Gasteiger partial charge < -0.3 is 20.9 Å². The number of amides is 1. The Morgan fingerprint density at radius 2 is 2.31 bits per heavy atom. The molecule has 1 saturated heterocycles. The summed E-state index contributed by atoms with van der Waals surface area (Å²) in [6, 6.07) is -0.463. The van der Waals surface area contributed by atoms with Crippen molar-refractivity contribution in [2.45, 2.75) is 25.8 Å². The third kappa shape index (κ3) is 2.70. The third-order valence-corrected chi connectivity index (χ3v) is 2.89. The van der Waals surface area contributed by atoms with Crippen molar-refractivity contribution in [2.24, 2.45) is 11.1 Å². The van der Waals surface area contributed by atoms with Gasteiger partial charge >= 0.3 is 5.97 Å². The normalized spacial score (nSPS) is 29.0. The van der Waals surface area contributed by atoms with E-state index in [0.717, 1.165) is 0 Å². The molecule has 6 heteroatoms. The number of carbonyl (C=O) groups excluding carboxylic acids is 1. The molecule has 1 aliphatic rings. The molecule has 1 rings (SSSR count). The van der Waals surface area contributed by atoms with Gasteiger partial charge in [-0.25, -0.2) is 0 Å². The van der Waals surface area contributed by atoms with E-state index in [1.54, 1.807) is 6.92 Å². The first-order valence-corrected chi connectivity index (χ1v) is 5.31. The summed E-state index contributed by atoms with van der Waals surface area (Å²) in [6.07, 6.45) is 0.923. The molecule has 1 aliphatic heterocycles. The van der Waals surface area contributed by atoms with Crippen molar-refractivity contribution in [3.8, 4) is 0 Å². The first-order chi connectivity index (χ1) is 7.50. The quantitative estimate of drug-likeness (QED) is 0.581. The second-order valence-corrected chi connectivity index (χ2v) is 4.25. The summed E-state index contributed by atoms with van der Waals surface area (Å²) in [5, 5.41) is 11.8. The summed E-state index contributed by atoms with van der Waals surface area (Å²) in [6.45, 7) is 2.41. The molecule has 2 atom stereocenters. The van der Waals surface area contributed by atoms with Crippen LogP contribution in [0.5, 0.6) is 0 Å². The molecule has 1 heterocycles. The molecular formula is C10H18N2O4. The van der Waals surface area contributed by atoms with Crippen LogP contribution >= 0.6 is 0 Å². The Labute approximate surface area is 94.1 Å². The highest BCUT2D eigenvalue weighted by Crippen LogP contribution is 2.28. The zero-order valence-corrected chi connectivity index (χ0v) is 9.36. The van der Waals surface area contributed by atoms with Gasteiger partial charge in [0.05, 0.1) is 19.3 Å². The summed E-state index contributed by atoms with van der Waals surface area (Å²) in [5.74, 6) is -1.12. The fraction of sp³-hybridized carbons (Fsp3) is 0.800. The molecule has 0 aromatic rings. The van der Waals surface area contributed by atoms with Crippen molar-refractivity contribution in [1.82, 2.24) is 5.32 Å². The van der Waals surface area contributed by atoms with Crippen LogP contribution in [0.4, 0.5) is 0 Å². The Bertz CT molecular complexity index is 282. The second kappa shape index (κ2) is 5.27. The lowest BCUT2D eigenvalue weighted by atomic mass is 9.85. The van der Waals surface area contributed by atoms with E-state index in [1.165, 1.54) is 0 Å². The highest BCUT2D eigenvalue weighted by atomic mass is 16.5. The topological polar surface area (TPSA) is 102 Å². The molecule has 16 heavy (non-hydrogen) atoms. The van der Waals surface area contributed by atoms with E-state index >= 15 is 0 Å². The maximum atomic E-state index is 11.5. The van der Waals surface area contributed by atoms with Crippen molar-refractivity contribution in [2.75, 3.05) is 19.8 Å². The van der Waals surface area contributed by atoms with Crippen LogP contribution in [0.1, 0.15) is 19.8 Å². The van der Waals surface area contributed by atoms with Gasteiger partial charge in [0, 0.05) is 6.42 Å². The first-order valence-electron chi connectivity index (χ1n) is 5.31. The van der Waals surface area contributed by atoms with Crippen LogP contribution in [0.25, 0.3) is 0 Å². The van der Waals surface area contributed by atoms with Crippen LogP contribution in [-0.2, 0) is 14.3 Å². The van der Waals surface area contributed by atoms with E-state index < -0.39 is 17.4 Å². The minimum atomic E-state index is -1.03. The van der Waals surface area contributed by atoms with E-state index in [9.17, 15) is 9.59 Å². The van der Waals surface area contributed by atoms with Crippen molar-refractivity contribution in [3.63, 3.8) is 0 Å². The molecule has 0 bridgehead atoms. The van der Waals surface area contributed by atoms with Crippen molar-refractivity contribution >= 4 is 11.9 Å². The SMILES string of the molecule is CC1(C(=O)O)COCC1NC(=O)CCCN. The molecule has 6 nitrogen and oxygen atoms in total. The van der Waals surface area contributed by atoms with Crippen LogP contribution in [-0.4, -0.2) is 42.8 Å². The van der Waals surface area contributed by atoms with Gasteiger partial charge in [0.25, 0.3) is 0 Å². The van der Waals surface area contributed by atoms with E-state index in [0.29, 0.717) is 19.4 Å². The van der Waals surface area contributed by atoms with Crippen LogP contribution in [0.3, 0.4) is 0 Å². The molecule has 0 aliphatic carbocycles. The number of ether oxygens (including phenoxy) is 1. The lowest BCUT2D eigenvalue weighted by Crippen LogP contribution is -2.49. The molecule has 2 unspecified atom stereocenters. The molecule has 0 aromatic carbocycles. The monoisotopic (exact) mass is 230 g/mol. The molecular weight excluding hydrogens is 212 g/mol. The van der Waals surface area contributed by atoms with Crippen LogP contribution in [0, 0.1) is 5.41 Å². The van der Waals surface area contributed by atoms with Crippen LogP contribution in [0.2, 0.25) is 0 Å².